The Labute approximate surface area is 152 Å². The second kappa shape index (κ2) is 7.22. The van der Waals surface area contributed by atoms with E-state index in [2.05, 4.69) is 15.3 Å². The maximum Gasteiger partial charge on any atom is 0.252 e. The van der Waals surface area contributed by atoms with Crippen LogP contribution in [0.15, 0.2) is 35.3 Å². The Balaban J connectivity index is 1.86. The van der Waals surface area contributed by atoms with Gasteiger partial charge in [0.2, 0.25) is 11.9 Å². The van der Waals surface area contributed by atoms with Gasteiger partial charge in [0.05, 0.1) is 23.4 Å². The highest BCUT2D eigenvalue weighted by Gasteiger charge is 2.18. The van der Waals surface area contributed by atoms with Crippen molar-refractivity contribution in [3.05, 3.63) is 75.1 Å². The van der Waals surface area contributed by atoms with Gasteiger partial charge in [0.15, 0.2) is 0 Å². The van der Waals surface area contributed by atoms with Crippen molar-refractivity contribution in [1.82, 2.24) is 15.3 Å². The summed E-state index contributed by atoms with van der Waals surface area (Å²) < 4.78 is 40.8. The lowest BCUT2D eigenvalue weighted by atomic mass is 10.0. The first-order valence-corrected chi connectivity index (χ1v) is 8.18. The average molecular weight is 375 g/mol. The lowest BCUT2D eigenvalue weighted by Gasteiger charge is -2.16. The van der Waals surface area contributed by atoms with Crippen LogP contribution in [0.4, 0.5) is 13.2 Å². The first kappa shape index (κ1) is 18.6. The van der Waals surface area contributed by atoms with Crippen LogP contribution in [0.2, 0.25) is 0 Å². The third-order valence-electron chi connectivity index (χ3n) is 4.40. The lowest BCUT2D eigenvalue weighted by Crippen LogP contribution is -2.31. The van der Waals surface area contributed by atoms with Gasteiger partial charge in [-0.3, -0.25) is 9.59 Å². The molecule has 2 heterocycles. The van der Waals surface area contributed by atoms with E-state index in [0.29, 0.717) is 5.56 Å². The predicted molar refractivity (Wildman–Crippen MR) is 93.7 cm³/mol. The molecule has 1 amide bonds. The van der Waals surface area contributed by atoms with Crippen molar-refractivity contribution in [1.29, 1.82) is 0 Å². The van der Waals surface area contributed by atoms with Crippen LogP contribution in [-0.2, 0) is 11.2 Å². The molecular weight excluding hydrogens is 359 g/mol. The van der Waals surface area contributed by atoms with E-state index in [1.165, 1.54) is 32.2 Å². The van der Waals surface area contributed by atoms with Crippen LogP contribution in [0.25, 0.3) is 10.9 Å². The quantitative estimate of drug-likeness (QED) is 0.689. The van der Waals surface area contributed by atoms with E-state index in [1.807, 2.05) is 0 Å². The van der Waals surface area contributed by atoms with Gasteiger partial charge in [-0.2, -0.15) is 4.39 Å². The number of aryl methyl sites for hydroxylation is 1. The molecule has 0 saturated heterocycles. The molecule has 3 rings (SSSR count). The SMILES string of the molecule is Cc1c(CC(=O)N[C@@H](C)c2ccc(F)cc2F)c(=O)[nH]c2ccnc(F)c12. The number of hydrogen-bond donors (Lipinski definition) is 2. The standard InChI is InChI=1S/C19H16F3N3O2/c1-9-13(19(27)25-15-5-6-23-18(22)17(9)15)8-16(26)24-10(2)12-4-3-11(20)7-14(12)21/h3-7,10H,8H2,1-2H3,(H,24,26)(H,25,27)/t10-/m0/s1. The molecule has 8 heteroatoms. The zero-order valence-electron chi connectivity index (χ0n) is 14.6. The van der Waals surface area contributed by atoms with E-state index >= 15 is 0 Å². The fraction of sp³-hybridized carbons (Fsp3) is 0.211. The molecule has 3 aromatic rings. The third-order valence-corrected chi connectivity index (χ3v) is 4.40. The molecule has 0 saturated carbocycles. The van der Waals surface area contributed by atoms with Gasteiger partial charge in [-0.1, -0.05) is 6.07 Å². The molecule has 27 heavy (non-hydrogen) atoms. The predicted octanol–water partition coefficient (Wildman–Crippen LogP) is 3.07. The van der Waals surface area contributed by atoms with Crippen molar-refractivity contribution in [3.8, 4) is 0 Å². The van der Waals surface area contributed by atoms with Crippen molar-refractivity contribution in [2.75, 3.05) is 0 Å². The zero-order valence-corrected chi connectivity index (χ0v) is 14.6. The number of nitrogens with zero attached hydrogens (tertiary/aromatic N) is 1. The molecule has 0 bridgehead atoms. The van der Waals surface area contributed by atoms with E-state index in [9.17, 15) is 22.8 Å². The van der Waals surface area contributed by atoms with Crippen molar-refractivity contribution < 1.29 is 18.0 Å². The zero-order chi connectivity index (χ0) is 19.7. The van der Waals surface area contributed by atoms with Crippen molar-refractivity contribution in [3.63, 3.8) is 0 Å². The van der Waals surface area contributed by atoms with Crippen LogP contribution in [0.3, 0.4) is 0 Å². The van der Waals surface area contributed by atoms with E-state index in [-0.39, 0.29) is 28.5 Å². The number of carbonyl (C=O) groups excluding carboxylic acids is 1. The van der Waals surface area contributed by atoms with E-state index < -0.39 is 35.1 Å². The molecule has 5 nitrogen and oxygen atoms in total. The van der Waals surface area contributed by atoms with E-state index in [1.54, 1.807) is 0 Å². The van der Waals surface area contributed by atoms with Crippen LogP contribution >= 0.6 is 0 Å². The maximum atomic E-state index is 14.0. The number of H-pyrrole nitrogens is 1. The Hall–Kier alpha value is -3.16. The first-order valence-electron chi connectivity index (χ1n) is 8.18. The van der Waals surface area contributed by atoms with Gasteiger partial charge in [0, 0.05) is 23.4 Å². The highest BCUT2D eigenvalue weighted by Crippen LogP contribution is 2.21. The number of halogens is 3. The number of amides is 1. The Kier molecular flexibility index (Phi) is 4.98. The molecule has 0 aliphatic heterocycles. The molecule has 0 aliphatic rings. The van der Waals surface area contributed by atoms with Crippen LogP contribution in [-0.4, -0.2) is 15.9 Å². The molecular formula is C19H16F3N3O2. The van der Waals surface area contributed by atoms with Gasteiger partial charge in [-0.25, -0.2) is 13.8 Å². The lowest BCUT2D eigenvalue weighted by molar-refractivity contribution is -0.121. The third kappa shape index (κ3) is 3.69. The molecule has 140 valence electrons. The first-order chi connectivity index (χ1) is 12.8. The summed E-state index contributed by atoms with van der Waals surface area (Å²) in [7, 11) is 0. The summed E-state index contributed by atoms with van der Waals surface area (Å²) in [6.07, 6.45) is 0.914. The van der Waals surface area contributed by atoms with E-state index in [4.69, 9.17) is 0 Å². The minimum Gasteiger partial charge on any atom is -0.349 e. The van der Waals surface area contributed by atoms with Crippen LogP contribution in [0.1, 0.15) is 29.7 Å². The summed E-state index contributed by atoms with van der Waals surface area (Å²) >= 11 is 0. The van der Waals surface area contributed by atoms with Crippen LogP contribution in [0, 0.1) is 24.5 Å². The number of aromatic amines is 1. The Morgan fingerprint density at radius 3 is 2.70 bits per heavy atom. The van der Waals surface area contributed by atoms with Crippen LogP contribution < -0.4 is 10.9 Å². The number of hydrogen-bond acceptors (Lipinski definition) is 3. The van der Waals surface area contributed by atoms with Gasteiger partial charge in [-0.05, 0) is 31.5 Å². The van der Waals surface area contributed by atoms with Gasteiger partial charge >= 0.3 is 0 Å². The molecule has 2 aromatic heterocycles. The Morgan fingerprint density at radius 1 is 1.26 bits per heavy atom. The molecule has 1 atom stereocenters. The fourth-order valence-corrected chi connectivity index (χ4v) is 3.01. The molecule has 0 spiro atoms. The van der Waals surface area contributed by atoms with Gasteiger partial charge in [0.1, 0.15) is 11.6 Å². The molecule has 0 aliphatic carbocycles. The summed E-state index contributed by atoms with van der Waals surface area (Å²) in [5.74, 6) is -2.80. The minimum atomic E-state index is -0.782. The largest absolute Gasteiger partial charge is 0.349 e. The summed E-state index contributed by atoms with van der Waals surface area (Å²) in [5, 5.41) is 2.70. The number of fused-ring (bicyclic) bond motifs is 1. The Bertz CT molecular complexity index is 1100. The normalized spacial score (nSPS) is 12.2. The van der Waals surface area contributed by atoms with Gasteiger partial charge in [0.25, 0.3) is 5.56 Å². The van der Waals surface area contributed by atoms with Crippen molar-refractivity contribution >= 4 is 16.8 Å². The van der Waals surface area contributed by atoms with Crippen LogP contribution in [0.5, 0.6) is 0 Å². The number of benzene rings is 1. The molecule has 0 fully saturated rings. The second-order valence-corrected chi connectivity index (χ2v) is 6.21. The molecule has 0 unspecified atom stereocenters. The molecule has 1 aromatic carbocycles. The number of nitrogens with one attached hydrogen (secondary N) is 2. The maximum absolute atomic E-state index is 14.0. The summed E-state index contributed by atoms with van der Waals surface area (Å²) in [6.45, 7) is 3.07. The minimum absolute atomic E-state index is 0.0960. The number of pyridine rings is 2. The summed E-state index contributed by atoms with van der Waals surface area (Å²) in [4.78, 5) is 30.7. The fourth-order valence-electron chi connectivity index (χ4n) is 3.01. The van der Waals surface area contributed by atoms with Crippen molar-refractivity contribution in [2.24, 2.45) is 0 Å². The monoisotopic (exact) mass is 375 g/mol. The second-order valence-electron chi connectivity index (χ2n) is 6.21. The highest BCUT2D eigenvalue weighted by molar-refractivity contribution is 5.85. The van der Waals surface area contributed by atoms with Gasteiger partial charge < -0.3 is 10.3 Å². The van der Waals surface area contributed by atoms with Crippen molar-refractivity contribution in [2.45, 2.75) is 26.3 Å². The number of carbonyl (C=O) groups is 1. The number of aromatic nitrogens is 2. The number of rotatable bonds is 4. The molecule has 2 N–H and O–H groups in total. The molecule has 0 radical (unpaired) electrons. The highest BCUT2D eigenvalue weighted by atomic mass is 19.1. The Morgan fingerprint density at radius 2 is 2.00 bits per heavy atom. The summed E-state index contributed by atoms with van der Waals surface area (Å²) in [5.41, 5.74) is 0.301. The van der Waals surface area contributed by atoms with Gasteiger partial charge in [-0.15, -0.1) is 0 Å². The summed E-state index contributed by atoms with van der Waals surface area (Å²) in [6, 6.07) is 3.79. The topological polar surface area (TPSA) is 74.8 Å². The average Bonchev–Trinajstić information content (AvgIpc) is 2.58. The van der Waals surface area contributed by atoms with E-state index in [0.717, 1.165) is 12.1 Å². The smallest absolute Gasteiger partial charge is 0.252 e.